The van der Waals surface area contributed by atoms with Crippen LogP contribution in [0.1, 0.15) is 21.5 Å². The number of phenolic OH excluding ortho intramolecular Hbond substituents is 1. The Morgan fingerprint density at radius 1 is 0.971 bits per heavy atom. The molecule has 0 aromatic heterocycles. The lowest BCUT2D eigenvalue weighted by molar-refractivity contribution is -0.385. The number of benzene rings is 3. The molecule has 34 heavy (non-hydrogen) atoms. The van der Waals surface area contributed by atoms with Gasteiger partial charge in [-0.3, -0.25) is 14.9 Å². The van der Waals surface area contributed by atoms with Gasteiger partial charge in [0.25, 0.3) is 0 Å². The van der Waals surface area contributed by atoms with Gasteiger partial charge in [-0.2, -0.15) is 0 Å². The second-order valence-electron chi connectivity index (χ2n) is 6.70. The molecule has 3 aromatic carbocycles. The van der Waals surface area contributed by atoms with Crippen LogP contribution in [-0.2, 0) is 5.75 Å². The van der Waals surface area contributed by atoms with Crippen molar-refractivity contribution in [3.05, 3.63) is 108 Å². The van der Waals surface area contributed by atoms with E-state index in [9.17, 15) is 42.0 Å². The summed E-state index contributed by atoms with van der Waals surface area (Å²) in [4.78, 5) is 22.5. The molecular weight excluding hydrogens is 549 g/mol. The first kappa shape index (κ1) is 25.4. The number of nitrogens with zero attached hydrogens (tertiary/aromatic N) is 1. The van der Waals surface area contributed by atoms with Gasteiger partial charge in [-0.25, -0.2) is 22.0 Å². The molecule has 12 heteroatoms. The van der Waals surface area contributed by atoms with Gasteiger partial charge < -0.3 is 5.11 Å². The molecule has 0 fully saturated rings. The predicted octanol–water partition coefficient (Wildman–Crippen LogP) is 6.92. The highest BCUT2D eigenvalue weighted by molar-refractivity contribution is 9.10. The minimum Gasteiger partial charge on any atom is -0.502 e. The van der Waals surface area contributed by atoms with Crippen molar-refractivity contribution in [1.82, 2.24) is 0 Å². The van der Waals surface area contributed by atoms with E-state index in [2.05, 4.69) is 15.9 Å². The minimum absolute atomic E-state index is 0.0126. The van der Waals surface area contributed by atoms with Gasteiger partial charge in [-0.1, -0.05) is 28.1 Å². The van der Waals surface area contributed by atoms with Gasteiger partial charge in [-0.05, 0) is 41.5 Å². The lowest BCUT2D eigenvalue weighted by atomic mass is 10.1. The maximum Gasteiger partial charge on any atom is 0.310 e. The van der Waals surface area contributed by atoms with Crippen LogP contribution < -0.4 is 0 Å². The molecule has 3 aromatic rings. The molecule has 0 aliphatic heterocycles. The summed E-state index contributed by atoms with van der Waals surface area (Å²) < 4.78 is 70.1. The lowest BCUT2D eigenvalue weighted by Crippen LogP contribution is -2.13. The van der Waals surface area contributed by atoms with Crippen LogP contribution in [0.5, 0.6) is 5.75 Å². The quantitative estimate of drug-likeness (QED) is 0.0646. The summed E-state index contributed by atoms with van der Waals surface area (Å²) in [6.07, 6.45) is 1.02. The van der Waals surface area contributed by atoms with Gasteiger partial charge >= 0.3 is 5.69 Å². The van der Waals surface area contributed by atoms with E-state index in [0.29, 0.717) is 5.56 Å². The fourth-order valence-corrected chi connectivity index (χ4v) is 4.01. The van der Waals surface area contributed by atoms with Crippen molar-refractivity contribution in [2.75, 3.05) is 0 Å². The molecule has 3 rings (SSSR count). The Morgan fingerprint density at radius 3 is 2.06 bits per heavy atom. The van der Waals surface area contributed by atoms with Crippen molar-refractivity contribution in [3.8, 4) is 5.75 Å². The average molecular weight is 560 g/mol. The zero-order valence-corrected chi connectivity index (χ0v) is 19.0. The van der Waals surface area contributed by atoms with Gasteiger partial charge in [0, 0.05) is 16.3 Å². The maximum absolute atomic E-state index is 14.3. The predicted molar refractivity (Wildman–Crippen MR) is 119 cm³/mol. The Balaban J connectivity index is 2.09. The smallest absolute Gasteiger partial charge is 0.310 e. The molecule has 5 nitrogen and oxygen atoms in total. The summed E-state index contributed by atoms with van der Waals surface area (Å²) >= 11 is 3.99. The molecule has 0 amide bonds. The highest BCUT2D eigenvalue weighted by Crippen LogP contribution is 2.33. The Kier molecular flexibility index (Phi) is 7.72. The van der Waals surface area contributed by atoms with Crippen LogP contribution >= 0.6 is 27.7 Å². The molecule has 0 radical (unpaired) electrons. The summed E-state index contributed by atoms with van der Waals surface area (Å²) in [5.41, 5.74) is -1.60. The molecular formula is C22H11BrF5NO4S. The summed E-state index contributed by atoms with van der Waals surface area (Å²) in [5.74, 6) is -13.7. The highest BCUT2D eigenvalue weighted by atomic mass is 79.9. The third-order valence-electron chi connectivity index (χ3n) is 4.46. The Morgan fingerprint density at radius 2 is 1.53 bits per heavy atom. The molecule has 0 saturated heterocycles. The SMILES string of the molecule is O=C(/C(=C\c1ccc([N+](=O)[O-])c(O)c1)SCc1ccc(Br)cc1)c1c(F)c(F)c(F)c(F)c1F. The number of Topliss-reactive ketones (excluding diaryl/α,β-unsaturated/α-hetero) is 1. The highest BCUT2D eigenvalue weighted by Gasteiger charge is 2.31. The number of thioether (sulfide) groups is 1. The second kappa shape index (κ2) is 10.3. The van der Waals surface area contributed by atoms with E-state index in [-0.39, 0.29) is 11.3 Å². The largest absolute Gasteiger partial charge is 0.502 e. The molecule has 0 bridgehead atoms. The number of allylic oxidation sites excluding steroid dienone is 1. The maximum atomic E-state index is 14.3. The number of nitro benzene ring substituents is 1. The van der Waals surface area contributed by atoms with Crippen LogP contribution in [0.4, 0.5) is 27.6 Å². The number of nitro groups is 1. The van der Waals surface area contributed by atoms with Crippen LogP contribution in [0.3, 0.4) is 0 Å². The van der Waals surface area contributed by atoms with E-state index >= 15 is 0 Å². The first-order chi connectivity index (χ1) is 16.0. The Hall–Kier alpha value is -3.25. The topological polar surface area (TPSA) is 80.4 Å². The summed E-state index contributed by atoms with van der Waals surface area (Å²) in [5, 5.41) is 20.7. The zero-order valence-electron chi connectivity index (χ0n) is 16.6. The number of hydrogen-bond acceptors (Lipinski definition) is 5. The van der Waals surface area contributed by atoms with E-state index < -0.39 is 61.7 Å². The summed E-state index contributed by atoms with van der Waals surface area (Å²) in [6, 6.07) is 9.73. The molecule has 0 unspecified atom stereocenters. The minimum atomic E-state index is -2.40. The van der Waals surface area contributed by atoms with Gasteiger partial charge in [0.05, 0.1) is 9.83 Å². The summed E-state index contributed by atoms with van der Waals surface area (Å²) in [6.45, 7) is 0. The van der Waals surface area contributed by atoms with Gasteiger partial charge in [0.15, 0.2) is 29.0 Å². The third kappa shape index (κ3) is 5.28. The fraction of sp³-hybridized carbons (Fsp3) is 0.0455. The van der Waals surface area contributed by atoms with E-state index in [4.69, 9.17) is 0 Å². The van der Waals surface area contributed by atoms with Gasteiger partial charge in [0.1, 0.15) is 5.56 Å². The number of carbonyl (C=O) groups excluding carboxylic acids is 1. The molecule has 1 N–H and O–H groups in total. The first-order valence-electron chi connectivity index (χ1n) is 9.13. The molecule has 0 aliphatic carbocycles. The standard InChI is InChI=1S/C22H11BrF5NO4S/c23-12-4-1-10(2-5-12)9-34-15(8-11-3-6-13(29(32)33)14(30)7-11)22(31)16-17(24)19(26)21(28)20(27)18(16)25/h1-8,30H,9H2/b15-8+. The molecule has 0 aliphatic rings. The van der Waals surface area contributed by atoms with E-state index in [1.165, 1.54) is 0 Å². The molecule has 0 spiro atoms. The van der Waals surface area contributed by atoms with Crippen LogP contribution in [0, 0.1) is 39.2 Å². The lowest BCUT2D eigenvalue weighted by Gasteiger charge is -2.11. The van der Waals surface area contributed by atoms with Crippen LogP contribution in [0.2, 0.25) is 0 Å². The summed E-state index contributed by atoms with van der Waals surface area (Å²) in [7, 11) is 0. The normalized spacial score (nSPS) is 11.5. The molecule has 0 heterocycles. The fourth-order valence-electron chi connectivity index (χ4n) is 2.78. The molecule has 0 atom stereocenters. The van der Waals surface area contributed by atoms with Crippen molar-refractivity contribution >= 4 is 45.2 Å². The number of carbonyl (C=O) groups is 1. The first-order valence-corrected chi connectivity index (χ1v) is 10.9. The molecule has 176 valence electrons. The number of halogens is 6. The van der Waals surface area contributed by atoms with E-state index in [1.54, 1.807) is 24.3 Å². The van der Waals surface area contributed by atoms with Crippen molar-refractivity contribution < 1.29 is 36.8 Å². The Bertz CT molecular complexity index is 1300. The van der Waals surface area contributed by atoms with Crippen molar-refractivity contribution in [1.29, 1.82) is 0 Å². The second-order valence-corrected chi connectivity index (χ2v) is 8.64. The van der Waals surface area contributed by atoms with Crippen molar-refractivity contribution in [2.45, 2.75) is 5.75 Å². The van der Waals surface area contributed by atoms with Crippen molar-refractivity contribution in [2.24, 2.45) is 0 Å². The van der Waals surface area contributed by atoms with Crippen LogP contribution in [0.15, 0.2) is 51.8 Å². The number of rotatable bonds is 7. The van der Waals surface area contributed by atoms with Crippen LogP contribution in [-0.4, -0.2) is 15.8 Å². The van der Waals surface area contributed by atoms with Crippen molar-refractivity contribution in [3.63, 3.8) is 0 Å². The third-order valence-corrected chi connectivity index (χ3v) is 6.08. The number of phenols is 1. The average Bonchev–Trinajstić information content (AvgIpc) is 2.80. The molecule has 0 saturated carbocycles. The number of hydrogen-bond donors (Lipinski definition) is 1. The van der Waals surface area contributed by atoms with Gasteiger partial charge in [-0.15, -0.1) is 11.8 Å². The Labute approximate surface area is 201 Å². The van der Waals surface area contributed by atoms with Gasteiger partial charge in [0.2, 0.25) is 11.6 Å². The number of aromatic hydroxyl groups is 1. The van der Waals surface area contributed by atoms with Crippen LogP contribution in [0.25, 0.3) is 6.08 Å². The van der Waals surface area contributed by atoms with E-state index in [0.717, 1.165) is 40.5 Å². The number of ketones is 1. The monoisotopic (exact) mass is 559 g/mol. The zero-order chi connectivity index (χ0) is 25.2. The van der Waals surface area contributed by atoms with E-state index in [1.807, 2.05) is 0 Å².